The molecule has 0 aliphatic carbocycles. The molecule has 2 aromatic heterocycles. The van der Waals surface area contributed by atoms with Crippen LogP contribution in [0.25, 0.3) is 0 Å². The minimum absolute atomic E-state index is 0.132. The predicted molar refractivity (Wildman–Crippen MR) is 106 cm³/mol. The fraction of sp³-hybridized carbons (Fsp3) is 0.304. The summed E-state index contributed by atoms with van der Waals surface area (Å²) in [6.45, 7) is 5.79. The quantitative estimate of drug-likeness (QED) is 0.453. The van der Waals surface area contributed by atoms with Gasteiger partial charge in [-0.05, 0) is 37.5 Å². The lowest BCUT2D eigenvalue weighted by atomic mass is 10.1. The predicted octanol–water partition coefficient (Wildman–Crippen LogP) is 3.51. The normalized spacial score (nSPS) is 10.9. The molecule has 0 saturated carbocycles. The van der Waals surface area contributed by atoms with E-state index in [1.807, 2.05) is 42.9 Å². The van der Waals surface area contributed by atoms with E-state index in [-0.39, 0.29) is 5.78 Å². The molecule has 0 unspecified atom stereocenters. The molecule has 0 radical (unpaired) electrons. The number of carbonyl (C=O) groups excluding carboxylic acids is 1. The first-order valence-corrected chi connectivity index (χ1v) is 9.29. The number of rotatable bonds is 8. The highest BCUT2D eigenvalue weighted by molar-refractivity contribution is 5.96. The van der Waals surface area contributed by atoms with Crippen LogP contribution in [-0.4, -0.2) is 24.1 Å². The van der Waals surface area contributed by atoms with Crippen LogP contribution in [0.4, 0.5) is 0 Å². The molecule has 1 aromatic carbocycles. The molecule has 0 fully saturated rings. The van der Waals surface area contributed by atoms with E-state index in [4.69, 9.17) is 4.74 Å². The number of aryl methyl sites for hydroxylation is 1. The van der Waals surface area contributed by atoms with Gasteiger partial charge in [-0.15, -0.1) is 0 Å². The number of aromatic nitrogens is 2. The summed E-state index contributed by atoms with van der Waals surface area (Å²) in [5.74, 6) is 0.132. The topological polar surface area (TPSA) is 35.1 Å². The Morgan fingerprint density at radius 3 is 2.37 bits per heavy atom. The molecular formula is C23H27N2O2+. The van der Waals surface area contributed by atoms with Crippen molar-refractivity contribution in [2.75, 3.05) is 13.7 Å². The lowest BCUT2D eigenvalue weighted by molar-refractivity contribution is -0.683. The van der Waals surface area contributed by atoms with Gasteiger partial charge in [-0.2, -0.15) is 4.57 Å². The van der Waals surface area contributed by atoms with Gasteiger partial charge in [0.2, 0.25) is 12.3 Å². The molecule has 140 valence electrons. The van der Waals surface area contributed by atoms with E-state index in [0.717, 1.165) is 29.9 Å². The SMILES string of the molecule is COCCn1c(C)cc(C(=O)C[n+]2ccc(Cc3ccccc3)cc2)c1C. The largest absolute Gasteiger partial charge is 0.383 e. The van der Waals surface area contributed by atoms with E-state index in [9.17, 15) is 4.79 Å². The molecule has 0 N–H and O–H groups in total. The second kappa shape index (κ2) is 8.78. The molecule has 3 rings (SSSR count). The number of Topliss-reactive ketones (excluding diaryl/α,β-unsaturated/α-hetero) is 1. The highest BCUT2D eigenvalue weighted by Crippen LogP contribution is 2.16. The maximum absolute atomic E-state index is 12.8. The number of hydrogen-bond donors (Lipinski definition) is 0. The van der Waals surface area contributed by atoms with Crippen LogP contribution >= 0.6 is 0 Å². The number of benzene rings is 1. The Morgan fingerprint density at radius 2 is 1.70 bits per heavy atom. The van der Waals surface area contributed by atoms with Gasteiger partial charge in [0.15, 0.2) is 12.4 Å². The van der Waals surface area contributed by atoms with Gasteiger partial charge in [0.05, 0.1) is 6.61 Å². The Hall–Kier alpha value is -2.72. The van der Waals surface area contributed by atoms with Gasteiger partial charge in [-0.3, -0.25) is 4.79 Å². The third-order valence-electron chi connectivity index (χ3n) is 4.93. The van der Waals surface area contributed by atoms with E-state index in [1.54, 1.807) is 7.11 Å². The highest BCUT2D eigenvalue weighted by Gasteiger charge is 2.19. The van der Waals surface area contributed by atoms with Crippen molar-refractivity contribution in [3.8, 4) is 0 Å². The molecule has 0 atom stereocenters. The van der Waals surface area contributed by atoms with E-state index in [0.29, 0.717) is 13.2 Å². The van der Waals surface area contributed by atoms with Crippen molar-refractivity contribution < 1.29 is 14.1 Å². The highest BCUT2D eigenvalue weighted by atomic mass is 16.5. The van der Waals surface area contributed by atoms with Crippen molar-refractivity contribution in [3.63, 3.8) is 0 Å². The van der Waals surface area contributed by atoms with E-state index < -0.39 is 0 Å². The van der Waals surface area contributed by atoms with E-state index >= 15 is 0 Å². The molecule has 3 aromatic rings. The minimum atomic E-state index is 0.132. The minimum Gasteiger partial charge on any atom is -0.383 e. The van der Waals surface area contributed by atoms with Crippen LogP contribution < -0.4 is 4.57 Å². The zero-order valence-electron chi connectivity index (χ0n) is 16.3. The number of ketones is 1. The smallest absolute Gasteiger partial charge is 0.229 e. The van der Waals surface area contributed by atoms with Crippen molar-refractivity contribution in [2.45, 2.75) is 33.4 Å². The van der Waals surface area contributed by atoms with Crippen LogP contribution in [0.1, 0.15) is 32.9 Å². The molecule has 4 heteroatoms. The number of carbonyl (C=O) groups is 1. The summed E-state index contributed by atoms with van der Waals surface area (Å²) < 4.78 is 9.25. The lowest BCUT2D eigenvalue weighted by Gasteiger charge is -2.08. The maximum atomic E-state index is 12.8. The second-order valence-electron chi connectivity index (χ2n) is 6.89. The van der Waals surface area contributed by atoms with E-state index in [1.165, 1.54) is 11.1 Å². The summed E-state index contributed by atoms with van der Waals surface area (Å²) >= 11 is 0. The molecule has 0 aliphatic heterocycles. The summed E-state index contributed by atoms with van der Waals surface area (Å²) in [7, 11) is 1.69. The lowest BCUT2D eigenvalue weighted by Crippen LogP contribution is -2.37. The molecule has 0 amide bonds. The van der Waals surface area contributed by atoms with Crippen molar-refractivity contribution in [3.05, 3.63) is 89.0 Å². The molecule has 0 spiro atoms. The molecule has 0 bridgehead atoms. The maximum Gasteiger partial charge on any atom is 0.229 e. The van der Waals surface area contributed by atoms with Gasteiger partial charge >= 0.3 is 0 Å². The monoisotopic (exact) mass is 363 g/mol. The summed E-state index contributed by atoms with van der Waals surface area (Å²) in [6, 6.07) is 16.6. The van der Waals surface area contributed by atoms with E-state index in [2.05, 4.69) is 41.0 Å². The first-order valence-electron chi connectivity index (χ1n) is 9.29. The Balaban J connectivity index is 1.67. The van der Waals surface area contributed by atoms with Gasteiger partial charge in [0.1, 0.15) is 0 Å². The van der Waals surface area contributed by atoms with Crippen LogP contribution in [0.5, 0.6) is 0 Å². The summed E-state index contributed by atoms with van der Waals surface area (Å²) in [4.78, 5) is 12.8. The van der Waals surface area contributed by atoms with Crippen molar-refractivity contribution in [1.29, 1.82) is 0 Å². The van der Waals surface area contributed by atoms with Gasteiger partial charge < -0.3 is 9.30 Å². The third kappa shape index (κ3) is 4.72. The zero-order chi connectivity index (χ0) is 19.2. The number of ether oxygens (including phenoxy) is 1. The van der Waals surface area contributed by atoms with Gasteiger partial charge in [-0.25, -0.2) is 0 Å². The Labute approximate surface area is 161 Å². The average molecular weight is 363 g/mol. The number of pyridine rings is 1. The average Bonchev–Trinajstić information content (AvgIpc) is 2.96. The molecule has 2 heterocycles. The number of methoxy groups -OCH3 is 1. The number of nitrogens with zero attached hydrogens (tertiary/aromatic N) is 2. The molecule has 27 heavy (non-hydrogen) atoms. The Bertz CT molecular complexity index is 896. The van der Waals surface area contributed by atoms with Crippen molar-refractivity contribution in [2.24, 2.45) is 0 Å². The fourth-order valence-electron chi connectivity index (χ4n) is 3.40. The van der Waals surface area contributed by atoms with Crippen LogP contribution in [-0.2, 0) is 24.2 Å². The summed E-state index contributed by atoms with van der Waals surface area (Å²) in [5.41, 5.74) is 5.42. The standard InChI is InChI=1S/C23H27N2O2/c1-18-15-22(19(2)25(18)13-14-27-3)23(26)17-24-11-9-21(10-12-24)16-20-7-5-4-6-8-20/h4-12,15H,13-14,16-17H2,1-3H3/q+1. The van der Waals surface area contributed by atoms with Crippen molar-refractivity contribution >= 4 is 5.78 Å². The third-order valence-corrected chi connectivity index (χ3v) is 4.93. The molecular weight excluding hydrogens is 336 g/mol. The number of hydrogen-bond acceptors (Lipinski definition) is 2. The Morgan fingerprint density at radius 1 is 1.04 bits per heavy atom. The van der Waals surface area contributed by atoms with Crippen LogP contribution in [0, 0.1) is 13.8 Å². The van der Waals surface area contributed by atoms with Crippen molar-refractivity contribution in [1.82, 2.24) is 4.57 Å². The summed E-state index contributed by atoms with van der Waals surface area (Å²) in [6.07, 6.45) is 4.87. The fourth-order valence-corrected chi connectivity index (χ4v) is 3.40. The van der Waals surface area contributed by atoms with Crippen LogP contribution in [0.15, 0.2) is 60.9 Å². The van der Waals surface area contributed by atoms with Gasteiger partial charge in [0.25, 0.3) is 0 Å². The Kier molecular flexibility index (Phi) is 6.20. The molecule has 4 nitrogen and oxygen atoms in total. The molecule has 0 aliphatic rings. The summed E-state index contributed by atoms with van der Waals surface area (Å²) in [5, 5.41) is 0. The molecule has 0 saturated heterocycles. The zero-order valence-corrected chi connectivity index (χ0v) is 16.3. The van der Waals surface area contributed by atoms with Gasteiger partial charge in [0, 0.05) is 42.7 Å². The van der Waals surface area contributed by atoms with Crippen LogP contribution in [0.3, 0.4) is 0 Å². The van der Waals surface area contributed by atoms with Crippen LogP contribution in [0.2, 0.25) is 0 Å². The van der Waals surface area contributed by atoms with Gasteiger partial charge in [-0.1, -0.05) is 30.3 Å². The first-order chi connectivity index (χ1) is 13.1. The first kappa shape index (κ1) is 19.1. The second-order valence-corrected chi connectivity index (χ2v) is 6.89.